The van der Waals surface area contributed by atoms with Crippen LogP contribution in [-0.2, 0) is 19.2 Å². The zero-order chi connectivity index (χ0) is 24.8. The summed E-state index contributed by atoms with van der Waals surface area (Å²) in [4.78, 5) is 48.1. The summed E-state index contributed by atoms with van der Waals surface area (Å²) in [6.07, 6.45) is 8.99. The van der Waals surface area contributed by atoms with Gasteiger partial charge in [-0.2, -0.15) is 0 Å². The van der Waals surface area contributed by atoms with E-state index >= 15 is 0 Å². The van der Waals surface area contributed by atoms with Crippen molar-refractivity contribution in [1.29, 1.82) is 0 Å². The van der Waals surface area contributed by atoms with E-state index in [9.17, 15) is 19.2 Å². The van der Waals surface area contributed by atoms with Crippen molar-refractivity contribution in [2.75, 3.05) is 13.1 Å². The Hall–Kier alpha value is -1.20. The van der Waals surface area contributed by atoms with E-state index in [-0.39, 0.29) is 77.1 Å². The fraction of sp³-hybridized carbons (Fsp3) is 0.833. The van der Waals surface area contributed by atoms with Gasteiger partial charge in [-0.1, -0.05) is 13.8 Å². The monoisotopic (exact) mass is 507 g/mol. The summed E-state index contributed by atoms with van der Waals surface area (Å²) in [6, 6.07) is 0.745. The number of hydrogen-bond acceptors (Lipinski definition) is 6. The molecule has 10 nitrogen and oxygen atoms in total. The minimum Gasteiger partial charge on any atom is -0.870 e. The van der Waals surface area contributed by atoms with Crippen LogP contribution < -0.4 is 45.9 Å². The summed E-state index contributed by atoms with van der Waals surface area (Å²) in [6.45, 7) is 9.80. The molecule has 5 unspecified atom stereocenters. The van der Waals surface area contributed by atoms with E-state index in [0.717, 1.165) is 70.9 Å². The van der Waals surface area contributed by atoms with Crippen LogP contribution in [0.25, 0.3) is 0 Å². The van der Waals surface area contributed by atoms with Crippen molar-refractivity contribution in [3.63, 3.8) is 0 Å². The molecule has 2 saturated heterocycles. The first kappa shape index (κ1) is 36.0. The Morgan fingerprint density at radius 3 is 1.66 bits per heavy atom. The Morgan fingerprint density at radius 2 is 1.31 bits per heavy atom. The van der Waals surface area contributed by atoms with E-state index in [4.69, 9.17) is 5.73 Å². The number of carbonyl (C=O) groups excluding carboxylic acids is 4. The van der Waals surface area contributed by atoms with Crippen LogP contribution in [0.4, 0.5) is 0 Å². The maximum absolute atomic E-state index is 11.7. The average molecular weight is 508 g/mol. The van der Waals surface area contributed by atoms with E-state index in [1.54, 1.807) is 0 Å². The largest absolute Gasteiger partial charge is 1.00 e. The Morgan fingerprint density at radius 1 is 0.857 bits per heavy atom. The molecule has 0 saturated carbocycles. The molecule has 5 atom stereocenters. The number of hydrogen-bond donors (Lipinski definition) is 3. The number of nitrogens with two attached hydrogens (primary N) is 1. The normalized spacial score (nSPS) is 19.2. The van der Waals surface area contributed by atoms with Gasteiger partial charge in [0.2, 0.25) is 24.6 Å². The summed E-state index contributed by atoms with van der Waals surface area (Å²) < 4.78 is 0. The van der Waals surface area contributed by atoms with E-state index in [1.807, 2.05) is 23.6 Å². The molecule has 0 radical (unpaired) electrons. The smallest absolute Gasteiger partial charge is 0.870 e. The standard InChI is InChI=1S/C13H25N3O2.C11H20N2O2.Na.H2O/c1-3-12(16-6-4-5-13(16)18)8-11(15-9-17)7-10(2)14;1-3-10(7-9(2)12-8-14)13-6-4-5-11(13)15;;/h9-12H,3-8,14H2,1-2H3,(H,15,17);8-10H,3-7H2,1-2H3,(H,12,14);;1H2/q;;+1;/p-1. The SMILES string of the molecule is CCC(CC(C)NC=O)N1CCCC1=O.CCC(CC(CC(C)N)NC=O)N1CCCC1=O.[Na+].[OH-]. The quantitative estimate of drug-likeness (QED) is 0.189. The molecule has 5 N–H and O–H groups in total. The summed E-state index contributed by atoms with van der Waals surface area (Å²) >= 11 is 0. The zero-order valence-corrected chi connectivity index (χ0v) is 24.4. The van der Waals surface area contributed by atoms with Crippen LogP contribution in [0.15, 0.2) is 0 Å². The van der Waals surface area contributed by atoms with Crippen molar-refractivity contribution in [1.82, 2.24) is 20.4 Å². The van der Waals surface area contributed by atoms with Gasteiger partial charge in [-0.15, -0.1) is 0 Å². The van der Waals surface area contributed by atoms with Crippen molar-refractivity contribution in [2.45, 2.75) is 116 Å². The Bertz CT molecular complexity index is 625. The molecule has 2 heterocycles. The predicted molar refractivity (Wildman–Crippen MR) is 131 cm³/mol. The average Bonchev–Trinajstić information content (AvgIpc) is 3.38. The molecule has 0 aliphatic carbocycles. The fourth-order valence-corrected chi connectivity index (χ4v) is 4.84. The van der Waals surface area contributed by atoms with Gasteiger partial charge in [-0.25, -0.2) is 0 Å². The maximum atomic E-state index is 11.7. The first-order valence-electron chi connectivity index (χ1n) is 12.5. The third-order valence-electron chi connectivity index (χ3n) is 6.54. The van der Waals surface area contributed by atoms with E-state index < -0.39 is 0 Å². The van der Waals surface area contributed by atoms with Gasteiger partial charge in [0.25, 0.3) is 0 Å². The molecule has 0 aromatic carbocycles. The second-order valence-corrected chi connectivity index (χ2v) is 9.36. The van der Waals surface area contributed by atoms with Crippen LogP contribution in [-0.4, -0.2) is 83.2 Å². The van der Waals surface area contributed by atoms with Crippen LogP contribution in [0, 0.1) is 0 Å². The first-order chi connectivity index (χ1) is 15.8. The van der Waals surface area contributed by atoms with Crippen molar-refractivity contribution in [3.05, 3.63) is 0 Å². The zero-order valence-electron chi connectivity index (χ0n) is 22.4. The van der Waals surface area contributed by atoms with Crippen LogP contribution >= 0.6 is 0 Å². The summed E-state index contributed by atoms with van der Waals surface area (Å²) in [5.41, 5.74) is 5.79. The molecule has 2 aliphatic heterocycles. The molecule has 2 fully saturated rings. The molecule has 0 aromatic heterocycles. The van der Waals surface area contributed by atoms with Crippen molar-refractivity contribution >= 4 is 24.6 Å². The molecule has 0 spiro atoms. The van der Waals surface area contributed by atoms with Gasteiger partial charge in [0.1, 0.15) is 0 Å². The third-order valence-corrected chi connectivity index (χ3v) is 6.54. The van der Waals surface area contributed by atoms with Crippen LogP contribution in [0.3, 0.4) is 0 Å². The van der Waals surface area contributed by atoms with Gasteiger partial charge in [0.05, 0.1) is 0 Å². The number of nitrogens with one attached hydrogen (secondary N) is 2. The molecule has 198 valence electrons. The molecule has 4 amide bonds. The minimum atomic E-state index is 0. The molecule has 0 aromatic rings. The molecule has 35 heavy (non-hydrogen) atoms. The van der Waals surface area contributed by atoms with Crippen LogP contribution in [0.2, 0.25) is 0 Å². The number of amides is 4. The van der Waals surface area contributed by atoms with E-state index in [2.05, 4.69) is 24.5 Å². The summed E-state index contributed by atoms with van der Waals surface area (Å²) in [5, 5.41) is 5.55. The van der Waals surface area contributed by atoms with Gasteiger partial charge < -0.3 is 31.6 Å². The van der Waals surface area contributed by atoms with Gasteiger partial charge in [0, 0.05) is 56.1 Å². The van der Waals surface area contributed by atoms with Crippen LogP contribution in [0.5, 0.6) is 0 Å². The number of likely N-dealkylation sites (tertiary alicyclic amines) is 2. The van der Waals surface area contributed by atoms with Crippen molar-refractivity contribution in [2.24, 2.45) is 5.73 Å². The summed E-state index contributed by atoms with van der Waals surface area (Å²) in [5.74, 6) is 0.507. The van der Waals surface area contributed by atoms with Gasteiger partial charge in [0.15, 0.2) is 0 Å². The number of nitrogens with zero attached hydrogens (tertiary/aromatic N) is 2. The van der Waals surface area contributed by atoms with Crippen molar-refractivity contribution < 1.29 is 54.2 Å². The first-order valence-corrected chi connectivity index (χ1v) is 12.5. The van der Waals surface area contributed by atoms with Gasteiger partial charge in [-0.3, -0.25) is 19.2 Å². The van der Waals surface area contributed by atoms with Crippen LogP contribution in [0.1, 0.15) is 85.5 Å². The molecular weight excluding hydrogens is 461 g/mol. The van der Waals surface area contributed by atoms with E-state index in [0.29, 0.717) is 12.8 Å². The molecule has 0 bridgehead atoms. The summed E-state index contributed by atoms with van der Waals surface area (Å²) in [7, 11) is 0. The number of carbonyl (C=O) groups is 4. The van der Waals surface area contributed by atoms with Gasteiger partial charge in [-0.05, 0) is 58.8 Å². The Balaban J connectivity index is 0. The Kier molecular flexibility index (Phi) is 20.5. The topological polar surface area (TPSA) is 155 Å². The third kappa shape index (κ3) is 13.1. The minimum absolute atomic E-state index is 0. The molecule has 2 rings (SSSR count). The second-order valence-electron chi connectivity index (χ2n) is 9.36. The predicted octanol–water partition coefficient (Wildman–Crippen LogP) is -1.63. The Labute approximate surface area is 233 Å². The maximum Gasteiger partial charge on any atom is 1.00 e. The molecular formula is C24H46N5NaO5. The number of rotatable bonds is 14. The molecule has 2 aliphatic rings. The molecule has 11 heteroatoms. The second kappa shape index (κ2) is 19.9. The fourth-order valence-electron chi connectivity index (χ4n) is 4.84. The van der Waals surface area contributed by atoms with E-state index in [1.165, 1.54) is 0 Å². The van der Waals surface area contributed by atoms with Crippen molar-refractivity contribution in [3.8, 4) is 0 Å². The van der Waals surface area contributed by atoms with Gasteiger partial charge >= 0.3 is 29.6 Å².